The molecule has 0 saturated heterocycles. The standard InChI is InChI=1S/C11H13FN2/c12-5-3-10(13)9-2-1-8-4-6-14-11(8)7-9/h1-2,4,6-7,10,14H,3,5,13H2/t10-/m0/s1. The summed E-state index contributed by atoms with van der Waals surface area (Å²) >= 11 is 0. The van der Waals surface area contributed by atoms with Crippen molar-refractivity contribution in [3.8, 4) is 0 Å². The lowest BCUT2D eigenvalue weighted by Gasteiger charge is -2.09. The first-order valence-electron chi connectivity index (χ1n) is 4.70. The SMILES string of the molecule is N[C@@H](CCF)c1ccc2cc[nH]c2c1. The summed E-state index contributed by atoms with van der Waals surface area (Å²) in [5.41, 5.74) is 7.85. The van der Waals surface area contributed by atoms with Crippen LogP contribution in [0.3, 0.4) is 0 Å². The summed E-state index contributed by atoms with van der Waals surface area (Å²) in [6.45, 7) is -0.371. The molecule has 3 N–H and O–H groups in total. The predicted molar refractivity (Wildman–Crippen MR) is 55.8 cm³/mol. The number of alkyl halides is 1. The smallest absolute Gasteiger partial charge is 0.0912 e. The van der Waals surface area contributed by atoms with Gasteiger partial charge in [0, 0.05) is 17.8 Å². The van der Waals surface area contributed by atoms with Gasteiger partial charge >= 0.3 is 0 Å². The van der Waals surface area contributed by atoms with Gasteiger partial charge < -0.3 is 10.7 Å². The maximum Gasteiger partial charge on any atom is 0.0912 e. The Hall–Kier alpha value is -1.35. The fourth-order valence-electron chi connectivity index (χ4n) is 1.58. The van der Waals surface area contributed by atoms with Crippen LogP contribution in [0.5, 0.6) is 0 Å². The molecular formula is C11H13FN2. The van der Waals surface area contributed by atoms with Crippen LogP contribution in [0.4, 0.5) is 4.39 Å². The number of aromatic amines is 1. The first-order chi connectivity index (χ1) is 6.81. The molecule has 0 unspecified atom stereocenters. The molecule has 0 amide bonds. The summed E-state index contributed by atoms with van der Waals surface area (Å²) < 4.78 is 12.1. The molecule has 0 saturated carbocycles. The Balaban J connectivity index is 2.33. The van der Waals surface area contributed by atoms with Gasteiger partial charge in [-0.1, -0.05) is 12.1 Å². The molecule has 14 heavy (non-hydrogen) atoms. The summed E-state index contributed by atoms with van der Waals surface area (Å²) in [5, 5.41) is 1.15. The Morgan fingerprint density at radius 2 is 2.21 bits per heavy atom. The molecule has 1 aromatic carbocycles. The van der Waals surface area contributed by atoms with Crippen molar-refractivity contribution in [3.63, 3.8) is 0 Å². The summed E-state index contributed by atoms with van der Waals surface area (Å²) in [6, 6.07) is 7.73. The second-order valence-corrected chi connectivity index (χ2v) is 3.41. The van der Waals surface area contributed by atoms with E-state index in [0.29, 0.717) is 6.42 Å². The number of benzene rings is 1. The molecule has 0 aliphatic rings. The molecule has 2 nitrogen and oxygen atoms in total. The van der Waals surface area contributed by atoms with Crippen molar-refractivity contribution in [2.75, 3.05) is 6.67 Å². The number of nitrogens with one attached hydrogen (secondary N) is 1. The molecule has 74 valence electrons. The molecule has 0 bridgehead atoms. The second-order valence-electron chi connectivity index (χ2n) is 3.41. The number of H-pyrrole nitrogens is 1. The highest BCUT2D eigenvalue weighted by molar-refractivity contribution is 5.79. The van der Waals surface area contributed by atoms with E-state index in [1.807, 2.05) is 30.5 Å². The molecular weight excluding hydrogens is 179 g/mol. The van der Waals surface area contributed by atoms with Crippen LogP contribution in [0, 0.1) is 0 Å². The third kappa shape index (κ3) is 1.63. The van der Waals surface area contributed by atoms with E-state index in [4.69, 9.17) is 5.73 Å². The monoisotopic (exact) mass is 192 g/mol. The third-order valence-electron chi connectivity index (χ3n) is 2.43. The van der Waals surface area contributed by atoms with Gasteiger partial charge in [0.2, 0.25) is 0 Å². The van der Waals surface area contributed by atoms with E-state index in [1.54, 1.807) is 0 Å². The van der Waals surface area contributed by atoms with Crippen LogP contribution in [-0.2, 0) is 0 Å². The van der Waals surface area contributed by atoms with Gasteiger partial charge in [0.25, 0.3) is 0 Å². The zero-order valence-electron chi connectivity index (χ0n) is 7.83. The molecule has 0 spiro atoms. The first kappa shape index (κ1) is 9.21. The van der Waals surface area contributed by atoms with Crippen LogP contribution < -0.4 is 5.73 Å². The van der Waals surface area contributed by atoms with Gasteiger partial charge in [-0.3, -0.25) is 4.39 Å². The molecule has 2 rings (SSSR count). The summed E-state index contributed by atoms with van der Waals surface area (Å²) in [4.78, 5) is 3.11. The second kappa shape index (κ2) is 3.80. The van der Waals surface area contributed by atoms with Crippen molar-refractivity contribution >= 4 is 10.9 Å². The fraction of sp³-hybridized carbons (Fsp3) is 0.273. The van der Waals surface area contributed by atoms with Crippen LogP contribution in [0.25, 0.3) is 10.9 Å². The van der Waals surface area contributed by atoms with Gasteiger partial charge in [-0.25, -0.2) is 0 Å². The highest BCUT2D eigenvalue weighted by Crippen LogP contribution is 2.19. The normalized spacial score (nSPS) is 13.3. The minimum absolute atomic E-state index is 0.201. The van der Waals surface area contributed by atoms with E-state index in [2.05, 4.69) is 4.98 Å². The van der Waals surface area contributed by atoms with Gasteiger partial charge in [-0.05, 0) is 29.5 Å². The van der Waals surface area contributed by atoms with E-state index in [-0.39, 0.29) is 12.7 Å². The van der Waals surface area contributed by atoms with E-state index in [0.717, 1.165) is 16.5 Å². The van der Waals surface area contributed by atoms with Crippen molar-refractivity contribution < 1.29 is 4.39 Å². The molecule has 3 heteroatoms. The Morgan fingerprint density at radius 3 is 3.00 bits per heavy atom. The molecule has 1 heterocycles. The van der Waals surface area contributed by atoms with E-state index in [1.165, 1.54) is 0 Å². The molecule has 1 atom stereocenters. The van der Waals surface area contributed by atoms with Gasteiger partial charge in [0.15, 0.2) is 0 Å². The number of halogens is 1. The van der Waals surface area contributed by atoms with Crippen molar-refractivity contribution in [1.29, 1.82) is 0 Å². The highest BCUT2D eigenvalue weighted by Gasteiger charge is 2.06. The minimum atomic E-state index is -0.371. The average Bonchev–Trinajstić information content (AvgIpc) is 2.64. The number of hydrogen-bond donors (Lipinski definition) is 2. The number of fused-ring (bicyclic) bond motifs is 1. The topological polar surface area (TPSA) is 41.8 Å². The van der Waals surface area contributed by atoms with Crippen LogP contribution >= 0.6 is 0 Å². The maximum atomic E-state index is 12.1. The van der Waals surface area contributed by atoms with E-state index < -0.39 is 0 Å². The van der Waals surface area contributed by atoms with Gasteiger partial charge in [-0.2, -0.15) is 0 Å². The van der Waals surface area contributed by atoms with Crippen LogP contribution in [-0.4, -0.2) is 11.7 Å². The molecule has 1 aromatic heterocycles. The lowest BCUT2D eigenvalue weighted by molar-refractivity contribution is 0.442. The van der Waals surface area contributed by atoms with Crippen molar-refractivity contribution in [3.05, 3.63) is 36.0 Å². The number of aromatic nitrogens is 1. The number of nitrogens with two attached hydrogens (primary N) is 1. The number of rotatable bonds is 3. The Kier molecular flexibility index (Phi) is 2.50. The van der Waals surface area contributed by atoms with Crippen molar-refractivity contribution in [2.45, 2.75) is 12.5 Å². The maximum absolute atomic E-state index is 12.1. The minimum Gasteiger partial charge on any atom is -0.361 e. The third-order valence-corrected chi connectivity index (χ3v) is 2.43. The predicted octanol–water partition coefficient (Wildman–Crippen LogP) is 2.53. The van der Waals surface area contributed by atoms with Gasteiger partial charge in [-0.15, -0.1) is 0 Å². The zero-order valence-corrected chi connectivity index (χ0v) is 7.83. The summed E-state index contributed by atoms with van der Waals surface area (Å²) in [5.74, 6) is 0. The van der Waals surface area contributed by atoms with E-state index in [9.17, 15) is 4.39 Å². The molecule has 0 aliphatic heterocycles. The average molecular weight is 192 g/mol. The zero-order chi connectivity index (χ0) is 9.97. The molecule has 0 fully saturated rings. The van der Waals surface area contributed by atoms with Crippen LogP contribution in [0.1, 0.15) is 18.0 Å². The summed E-state index contributed by atoms with van der Waals surface area (Å²) in [6.07, 6.45) is 2.27. The van der Waals surface area contributed by atoms with Crippen molar-refractivity contribution in [2.24, 2.45) is 5.73 Å². The number of hydrogen-bond acceptors (Lipinski definition) is 1. The quantitative estimate of drug-likeness (QED) is 0.770. The van der Waals surface area contributed by atoms with Crippen molar-refractivity contribution in [1.82, 2.24) is 4.98 Å². The molecule has 0 radical (unpaired) electrons. The Morgan fingerprint density at radius 1 is 1.36 bits per heavy atom. The molecule has 0 aliphatic carbocycles. The van der Waals surface area contributed by atoms with Gasteiger partial charge in [0.05, 0.1) is 6.67 Å². The lowest BCUT2D eigenvalue weighted by atomic mass is 10.0. The largest absolute Gasteiger partial charge is 0.361 e. The van der Waals surface area contributed by atoms with Crippen LogP contribution in [0.15, 0.2) is 30.5 Å². The fourth-order valence-corrected chi connectivity index (χ4v) is 1.58. The Bertz CT molecular complexity index is 422. The molecule has 2 aromatic rings. The first-order valence-corrected chi connectivity index (χ1v) is 4.70. The highest BCUT2D eigenvalue weighted by atomic mass is 19.1. The lowest BCUT2D eigenvalue weighted by Crippen LogP contribution is -2.10. The Labute approximate surface area is 81.9 Å². The summed E-state index contributed by atoms with van der Waals surface area (Å²) in [7, 11) is 0. The van der Waals surface area contributed by atoms with Crippen LogP contribution in [0.2, 0.25) is 0 Å². The van der Waals surface area contributed by atoms with Gasteiger partial charge in [0.1, 0.15) is 0 Å². The van der Waals surface area contributed by atoms with E-state index >= 15 is 0 Å².